The van der Waals surface area contributed by atoms with Crippen molar-refractivity contribution in [1.29, 1.82) is 0 Å². The van der Waals surface area contributed by atoms with E-state index in [1.54, 1.807) is 31.4 Å². The monoisotopic (exact) mass is 359 g/mol. The Kier molecular flexibility index (Phi) is 5.11. The average Bonchev–Trinajstić information content (AvgIpc) is 3.11. The second-order valence-corrected chi connectivity index (χ2v) is 6.96. The van der Waals surface area contributed by atoms with Crippen molar-refractivity contribution in [1.82, 2.24) is 14.9 Å². The second-order valence-electron chi connectivity index (χ2n) is 5.19. The van der Waals surface area contributed by atoms with Gasteiger partial charge in [-0.2, -0.15) is 0 Å². The number of rotatable bonds is 7. The van der Waals surface area contributed by atoms with E-state index < -0.39 is 10.0 Å². The number of nitrogens with zero attached hydrogens (tertiary/aromatic N) is 2. The summed E-state index contributed by atoms with van der Waals surface area (Å²) in [6.07, 6.45) is 0.295. The molecule has 1 aromatic heterocycles. The van der Waals surface area contributed by atoms with Crippen molar-refractivity contribution in [3.8, 4) is 17.2 Å². The molecular formula is C17H17N3O4S. The Labute approximate surface area is 145 Å². The third-order valence-electron chi connectivity index (χ3n) is 3.47. The number of methoxy groups -OCH3 is 1. The smallest absolute Gasteiger partial charge is 0.247 e. The fourth-order valence-corrected chi connectivity index (χ4v) is 3.26. The average molecular weight is 359 g/mol. The molecule has 0 atom stereocenters. The Morgan fingerprint density at radius 1 is 1.08 bits per heavy atom. The molecule has 0 aliphatic carbocycles. The molecule has 3 aromatic rings. The van der Waals surface area contributed by atoms with Crippen molar-refractivity contribution in [3.05, 3.63) is 60.5 Å². The number of hydrogen-bond donors (Lipinski definition) is 1. The normalized spacial score (nSPS) is 11.4. The van der Waals surface area contributed by atoms with Crippen LogP contribution < -0.4 is 9.46 Å². The number of nitrogens with one attached hydrogen (secondary N) is 1. The van der Waals surface area contributed by atoms with E-state index in [0.717, 1.165) is 5.56 Å². The Hall–Kier alpha value is -2.71. The SMILES string of the molecule is COc1cccc(-c2nnc(CCNS(=O)(=O)c3ccccc3)o2)c1. The molecule has 0 fully saturated rings. The van der Waals surface area contributed by atoms with Crippen molar-refractivity contribution in [2.75, 3.05) is 13.7 Å². The van der Waals surface area contributed by atoms with Crippen LogP contribution in [-0.2, 0) is 16.4 Å². The molecule has 7 nitrogen and oxygen atoms in total. The van der Waals surface area contributed by atoms with Crippen LogP contribution in [0.1, 0.15) is 5.89 Å². The fourth-order valence-electron chi connectivity index (χ4n) is 2.20. The van der Waals surface area contributed by atoms with Gasteiger partial charge in [0.25, 0.3) is 0 Å². The van der Waals surface area contributed by atoms with Crippen molar-refractivity contribution in [2.45, 2.75) is 11.3 Å². The van der Waals surface area contributed by atoms with Crippen LogP contribution in [0.5, 0.6) is 5.75 Å². The van der Waals surface area contributed by atoms with Gasteiger partial charge in [-0.15, -0.1) is 10.2 Å². The van der Waals surface area contributed by atoms with Crippen LogP contribution in [0.3, 0.4) is 0 Å². The summed E-state index contributed by atoms with van der Waals surface area (Å²) < 4.78 is 37.5. The summed E-state index contributed by atoms with van der Waals surface area (Å²) in [5.41, 5.74) is 0.739. The zero-order valence-corrected chi connectivity index (χ0v) is 14.4. The molecule has 0 aliphatic rings. The van der Waals surface area contributed by atoms with E-state index in [9.17, 15) is 8.42 Å². The number of aromatic nitrogens is 2. The van der Waals surface area contributed by atoms with E-state index in [-0.39, 0.29) is 11.4 Å². The summed E-state index contributed by atoms with van der Waals surface area (Å²) >= 11 is 0. The van der Waals surface area contributed by atoms with Crippen LogP contribution in [0.4, 0.5) is 0 Å². The van der Waals surface area contributed by atoms with E-state index in [2.05, 4.69) is 14.9 Å². The fraction of sp³-hybridized carbons (Fsp3) is 0.176. The van der Waals surface area contributed by atoms with Gasteiger partial charge in [-0.1, -0.05) is 24.3 Å². The molecule has 1 heterocycles. The Bertz CT molecular complexity index is 939. The minimum absolute atomic E-state index is 0.164. The number of ether oxygens (including phenoxy) is 1. The number of hydrogen-bond acceptors (Lipinski definition) is 6. The van der Waals surface area contributed by atoms with Crippen molar-refractivity contribution in [3.63, 3.8) is 0 Å². The van der Waals surface area contributed by atoms with Crippen LogP contribution >= 0.6 is 0 Å². The summed E-state index contributed by atoms with van der Waals surface area (Å²) in [6.45, 7) is 0.164. The lowest BCUT2D eigenvalue weighted by Gasteiger charge is -2.04. The first kappa shape index (κ1) is 17.1. The van der Waals surface area contributed by atoms with Gasteiger partial charge >= 0.3 is 0 Å². The molecule has 0 saturated carbocycles. The Morgan fingerprint density at radius 3 is 2.64 bits per heavy atom. The van der Waals surface area contributed by atoms with Gasteiger partial charge in [0.2, 0.25) is 21.8 Å². The molecular weight excluding hydrogens is 342 g/mol. The predicted octanol–water partition coefficient (Wildman–Crippen LogP) is 2.27. The molecule has 1 N–H and O–H groups in total. The minimum Gasteiger partial charge on any atom is -0.497 e. The zero-order valence-electron chi connectivity index (χ0n) is 13.5. The van der Waals surface area contributed by atoms with Gasteiger partial charge in [0, 0.05) is 18.5 Å². The zero-order chi connectivity index (χ0) is 17.7. The number of benzene rings is 2. The summed E-state index contributed by atoms with van der Waals surface area (Å²) in [5.74, 6) is 1.40. The van der Waals surface area contributed by atoms with Crippen LogP contribution in [0.25, 0.3) is 11.5 Å². The van der Waals surface area contributed by atoms with Crippen LogP contribution in [0.15, 0.2) is 63.9 Å². The highest BCUT2D eigenvalue weighted by Gasteiger charge is 2.14. The topological polar surface area (TPSA) is 94.3 Å². The molecule has 8 heteroatoms. The lowest BCUT2D eigenvalue weighted by molar-refractivity contribution is 0.414. The van der Waals surface area contributed by atoms with Crippen LogP contribution in [0.2, 0.25) is 0 Å². The van der Waals surface area contributed by atoms with Crippen molar-refractivity contribution in [2.24, 2.45) is 0 Å². The van der Waals surface area contributed by atoms with Gasteiger partial charge in [0.1, 0.15) is 5.75 Å². The van der Waals surface area contributed by atoms with E-state index in [4.69, 9.17) is 9.15 Å². The maximum Gasteiger partial charge on any atom is 0.247 e. The van der Waals surface area contributed by atoms with Crippen LogP contribution in [-0.4, -0.2) is 32.3 Å². The molecule has 0 radical (unpaired) electrons. The highest BCUT2D eigenvalue weighted by molar-refractivity contribution is 7.89. The first-order valence-corrected chi connectivity index (χ1v) is 9.08. The molecule has 0 bridgehead atoms. The number of sulfonamides is 1. The Balaban J connectivity index is 1.62. The molecule has 0 unspecified atom stereocenters. The van der Waals surface area contributed by atoms with Gasteiger partial charge in [-0.05, 0) is 30.3 Å². The van der Waals surface area contributed by atoms with E-state index in [1.807, 2.05) is 18.2 Å². The molecule has 0 aliphatic heterocycles. The quantitative estimate of drug-likeness (QED) is 0.695. The van der Waals surface area contributed by atoms with E-state index >= 15 is 0 Å². The summed E-state index contributed by atoms with van der Waals surface area (Å²) in [7, 11) is -1.96. The van der Waals surface area contributed by atoms with Gasteiger partial charge in [-0.25, -0.2) is 13.1 Å². The second kappa shape index (κ2) is 7.45. The van der Waals surface area contributed by atoms with Gasteiger partial charge in [-0.3, -0.25) is 0 Å². The van der Waals surface area contributed by atoms with Crippen molar-refractivity contribution < 1.29 is 17.6 Å². The maximum atomic E-state index is 12.1. The summed E-state index contributed by atoms with van der Waals surface area (Å²) in [6, 6.07) is 15.4. The highest BCUT2D eigenvalue weighted by atomic mass is 32.2. The minimum atomic E-state index is -3.54. The standard InChI is InChI=1S/C17H17N3O4S/c1-23-14-7-5-6-13(12-14)17-20-19-16(24-17)10-11-18-25(21,22)15-8-3-2-4-9-15/h2-9,12,18H,10-11H2,1H3. The van der Waals surface area contributed by atoms with E-state index in [1.165, 1.54) is 12.1 Å². The highest BCUT2D eigenvalue weighted by Crippen LogP contribution is 2.22. The van der Waals surface area contributed by atoms with E-state index in [0.29, 0.717) is 24.0 Å². The third kappa shape index (κ3) is 4.23. The first-order chi connectivity index (χ1) is 12.1. The molecule has 2 aromatic carbocycles. The summed E-state index contributed by atoms with van der Waals surface area (Å²) in [5, 5.41) is 7.93. The molecule has 0 saturated heterocycles. The largest absolute Gasteiger partial charge is 0.497 e. The molecule has 130 valence electrons. The first-order valence-electron chi connectivity index (χ1n) is 7.60. The predicted molar refractivity (Wildman–Crippen MR) is 91.6 cm³/mol. The molecule has 0 spiro atoms. The maximum absolute atomic E-state index is 12.1. The van der Waals surface area contributed by atoms with Crippen LogP contribution in [0, 0.1) is 0 Å². The Morgan fingerprint density at radius 2 is 1.88 bits per heavy atom. The van der Waals surface area contributed by atoms with Crippen molar-refractivity contribution >= 4 is 10.0 Å². The van der Waals surface area contributed by atoms with Gasteiger partial charge < -0.3 is 9.15 Å². The lowest BCUT2D eigenvalue weighted by atomic mass is 10.2. The molecule has 0 amide bonds. The lowest BCUT2D eigenvalue weighted by Crippen LogP contribution is -2.26. The third-order valence-corrected chi connectivity index (χ3v) is 4.94. The summed E-state index contributed by atoms with van der Waals surface area (Å²) in [4.78, 5) is 0.220. The van der Waals surface area contributed by atoms with Gasteiger partial charge in [0.15, 0.2) is 0 Å². The molecule has 25 heavy (non-hydrogen) atoms. The van der Waals surface area contributed by atoms with Gasteiger partial charge in [0.05, 0.1) is 12.0 Å². The molecule has 3 rings (SSSR count).